The molecule has 0 radical (unpaired) electrons. The Morgan fingerprint density at radius 3 is 2.45 bits per heavy atom. The molecule has 3 heteroatoms. The zero-order chi connectivity index (χ0) is 28.2. The Kier molecular flexibility index (Phi) is 6.01. The van der Waals surface area contributed by atoms with Gasteiger partial charge >= 0.3 is 0 Å². The fraction of sp³-hybridized carbons (Fsp3) is 0.103. The van der Waals surface area contributed by atoms with Crippen molar-refractivity contribution in [3.05, 3.63) is 154 Å². The maximum absolute atomic E-state index is 8.85. The van der Waals surface area contributed by atoms with Crippen LogP contribution in [0.5, 0.6) is 0 Å². The van der Waals surface area contributed by atoms with Gasteiger partial charge in [-0.1, -0.05) is 97.1 Å². The first-order chi connectivity index (χ1) is 20.7. The van der Waals surface area contributed by atoms with Gasteiger partial charge in [-0.2, -0.15) is 0 Å². The summed E-state index contributed by atoms with van der Waals surface area (Å²) >= 11 is 1.88. The lowest BCUT2D eigenvalue weighted by atomic mass is 9.97. The minimum atomic E-state index is 0.570. The lowest BCUT2D eigenvalue weighted by Gasteiger charge is -2.17. The predicted octanol–water partition coefficient (Wildman–Crippen LogP) is 10.2. The first-order valence-electron chi connectivity index (χ1n) is 14.6. The van der Waals surface area contributed by atoms with Gasteiger partial charge in [-0.25, -0.2) is 0 Å². The molecule has 0 saturated carbocycles. The Labute approximate surface area is 250 Å². The molecule has 0 unspecified atom stereocenters. The van der Waals surface area contributed by atoms with E-state index in [1.165, 1.54) is 65.8 Å². The Morgan fingerprint density at radius 1 is 0.738 bits per heavy atom. The van der Waals surface area contributed by atoms with Crippen LogP contribution in [0.25, 0.3) is 44.2 Å². The number of nitrogens with one attached hydrogen (secondary N) is 1. The summed E-state index contributed by atoms with van der Waals surface area (Å²) in [5.74, 6) is 0. The fourth-order valence-corrected chi connectivity index (χ4v) is 7.59. The Morgan fingerprint density at radius 2 is 1.57 bits per heavy atom. The van der Waals surface area contributed by atoms with Crippen molar-refractivity contribution in [3.63, 3.8) is 0 Å². The van der Waals surface area contributed by atoms with E-state index < -0.39 is 0 Å². The van der Waals surface area contributed by atoms with E-state index in [2.05, 4.69) is 102 Å². The zero-order valence-electron chi connectivity index (χ0n) is 23.5. The second kappa shape index (κ2) is 10.0. The van der Waals surface area contributed by atoms with E-state index in [1.807, 2.05) is 42.1 Å². The van der Waals surface area contributed by atoms with E-state index in [1.54, 1.807) is 0 Å². The van der Waals surface area contributed by atoms with E-state index in [9.17, 15) is 0 Å². The molecule has 42 heavy (non-hydrogen) atoms. The molecule has 0 atom stereocenters. The summed E-state index contributed by atoms with van der Waals surface area (Å²) in [4.78, 5) is 1.46. The average molecular weight is 559 g/mol. The van der Waals surface area contributed by atoms with Crippen LogP contribution in [0.3, 0.4) is 0 Å². The smallest absolute Gasteiger partial charge is 0.0684 e. The Hall–Kier alpha value is -4.60. The largest absolute Gasteiger partial charge is 0.309 e. The minimum absolute atomic E-state index is 0.570. The second-order valence-corrected chi connectivity index (χ2v) is 12.1. The molecule has 0 fully saturated rings. The van der Waals surface area contributed by atoms with Gasteiger partial charge < -0.3 is 4.57 Å². The van der Waals surface area contributed by atoms with Gasteiger partial charge in [0.05, 0.1) is 22.4 Å². The zero-order valence-corrected chi connectivity index (χ0v) is 24.3. The summed E-state index contributed by atoms with van der Waals surface area (Å²) < 4.78 is 2.48. The number of rotatable bonds is 5. The number of para-hydroxylation sites is 1. The SMILES string of the molecule is CSC1=C(c2ccc3c4ccccc4n(-c4cccc5c4-c4ccc(C(=N)c6ccccc6)cc4C5)c3c2)C=CCC1. The fourth-order valence-electron chi connectivity index (χ4n) is 6.86. The van der Waals surface area contributed by atoms with Crippen molar-refractivity contribution in [2.45, 2.75) is 19.3 Å². The van der Waals surface area contributed by atoms with Crippen molar-refractivity contribution in [2.75, 3.05) is 6.26 Å². The molecule has 0 amide bonds. The lowest BCUT2D eigenvalue weighted by molar-refractivity contribution is 1.03. The summed E-state index contributed by atoms with van der Waals surface area (Å²) in [7, 11) is 0. The predicted molar refractivity (Wildman–Crippen MR) is 180 cm³/mol. The number of hydrogen-bond donors (Lipinski definition) is 1. The molecule has 0 bridgehead atoms. The highest BCUT2D eigenvalue weighted by Gasteiger charge is 2.25. The van der Waals surface area contributed by atoms with E-state index in [-0.39, 0.29) is 0 Å². The third-order valence-corrected chi connectivity index (χ3v) is 9.75. The van der Waals surface area contributed by atoms with Crippen LogP contribution in [0.1, 0.15) is 40.7 Å². The Balaban J connectivity index is 1.33. The highest BCUT2D eigenvalue weighted by molar-refractivity contribution is 8.02. The van der Waals surface area contributed by atoms with Gasteiger partial charge in [0.1, 0.15) is 0 Å². The number of hydrogen-bond acceptors (Lipinski definition) is 2. The van der Waals surface area contributed by atoms with Crippen molar-refractivity contribution < 1.29 is 0 Å². The number of allylic oxidation sites excluding steroid dienone is 4. The standard InChI is InChI=1S/C39H30N2S/c1-42-37-17-8-6-13-30(37)26-18-21-33-32-14-5-7-15-34(32)41(36(33)24-26)35-16-9-12-27-22-29-23-28(19-20-31(29)38(27)35)39(40)25-10-3-2-4-11-25/h2-7,9-16,18-21,23-24,40H,8,17,22H2,1H3. The molecule has 0 aliphatic heterocycles. The summed E-state index contributed by atoms with van der Waals surface area (Å²) in [6.45, 7) is 0. The number of thioether (sulfide) groups is 1. The molecule has 2 aliphatic rings. The molecule has 8 rings (SSSR count). The van der Waals surface area contributed by atoms with Gasteiger partial charge in [-0.3, -0.25) is 5.41 Å². The molecule has 2 nitrogen and oxygen atoms in total. The van der Waals surface area contributed by atoms with Crippen LogP contribution in [0.15, 0.2) is 126 Å². The summed E-state index contributed by atoms with van der Waals surface area (Å²) in [5, 5.41) is 11.4. The van der Waals surface area contributed by atoms with Crippen LogP contribution >= 0.6 is 11.8 Å². The van der Waals surface area contributed by atoms with E-state index >= 15 is 0 Å². The summed E-state index contributed by atoms with van der Waals surface area (Å²) in [5.41, 5.74) is 14.0. The maximum atomic E-state index is 8.85. The van der Waals surface area contributed by atoms with Gasteiger partial charge in [-0.15, -0.1) is 11.8 Å². The van der Waals surface area contributed by atoms with Gasteiger partial charge in [0.25, 0.3) is 0 Å². The Bertz CT molecular complexity index is 2110. The van der Waals surface area contributed by atoms with E-state index in [0.29, 0.717) is 5.71 Å². The molecule has 1 heterocycles. The molecule has 6 aromatic rings. The molecule has 5 aromatic carbocycles. The lowest BCUT2D eigenvalue weighted by Crippen LogP contribution is -2.02. The summed E-state index contributed by atoms with van der Waals surface area (Å²) in [6, 6.07) is 39.2. The number of nitrogens with zero attached hydrogens (tertiary/aromatic N) is 1. The molecular weight excluding hydrogens is 529 g/mol. The third-order valence-electron chi connectivity index (χ3n) is 8.83. The van der Waals surface area contributed by atoms with Gasteiger partial charge in [0, 0.05) is 21.9 Å². The monoisotopic (exact) mass is 558 g/mol. The molecular formula is C39H30N2S. The van der Waals surface area contributed by atoms with E-state index in [0.717, 1.165) is 30.4 Å². The quantitative estimate of drug-likeness (QED) is 0.209. The topological polar surface area (TPSA) is 28.8 Å². The van der Waals surface area contributed by atoms with Gasteiger partial charge in [-0.05, 0) is 88.1 Å². The van der Waals surface area contributed by atoms with Crippen molar-refractivity contribution in [3.8, 4) is 16.8 Å². The minimum Gasteiger partial charge on any atom is -0.309 e. The maximum Gasteiger partial charge on any atom is 0.0684 e. The number of aromatic nitrogens is 1. The normalized spacial score (nSPS) is 14.0. The van der Waals surface area contributed by atoms with Crippen LogP contribution in [-0.2, 0) is 6.42 Å². The van der Waals surface area contributed by atoms with Crippen LogP contribution in [0.4, 0.5) is 0 Å². The van der Waals surface area contributed by atoms with Gasteiger partial charge in [0.2, 0.25) is 0 Å². The molecule has 202 valence electrons. The molecule has 2 aliphatic carbocycles. The highest BCUT2D eigenvalue weighted by atomic mass is 32.2. The number of fused-ring (bicyclic) bond motifs is 6. The average Bonchev–Trinajstić information content (AvgIpc) is 3.59. The van der Waals surface area contributed by atoms with E-state index in [4.69, 9.17) is 5.41 Å². The van der Waals surface area contributed by atoms with Gasteiger partial charge in [0.15, 0.2) is 0 Å². The summed E-state index contributed by atoms with van der Waals surface area (Å²) in [6.07, 6.45) is 9.92. The van der Waals surface area contributed by atoms with Crippen LogP contribution in [-0.4, -0.2) is 16.5 Å². The first kappa shape index (κ1) is 25.1. The second-order valence-electron chi connectivity index (χ2n) is 11.2. The van der Waals surface area contributed by atoms with Crippen molar-refractivity contribution in [2.24, 2.45) is 0 Å². The molecule has 0 saturated heterocycles. The highest BCUT2D eigenvalue weighted by Crippen LogP contribution is 2.44. The first-order valence-corrected chi connectivity index (χ1v) is 15.8. The van der Waals surface area contributed by atoms with Crippen LogP contribution in [0.2, 0.25) is 0 Å². The van der Waals surface area contributed by atoms with Crippen molar-refractivity contribution in [1.82, 2.24) is 4.57 Å². The molecule has 0 spiro atoms. The van der Waals surface area contributed by atoms with Crippen molar-refractivity contribution >= 4 is 44.9 Å². The molecule has 1 aromatic heterocycles. The van der Waals surface area contributed by atoms with Crippen LogP contribution in [0, 0.1) is 5.41 Å². The molecule has 1 N–H and O–H groups in total. The van der Waals surface area contributed by atoms with Crippen molar-refractivity contribution in [1.29, 1.82) is 5.41 Å². The third kappa shape index (κ3) is 3.92. The van der Waals surface area contributed by atoms with Crippen LogP contribution < -0.4 is 0 Å². The number of benzene rings is 5.